The van der Waals surface area contributed by atoms with E-state index in [0.29, 0.717) is 41.5 Å². The summed E-state index contributed by atoms with van der Waals surface area (Å²) in [5.74, 6) is 1.67. The molecule has 0 bridgehead atoms. The number of aromatic nitrogens is 1. The second kappa shape index (κ2) is 11.3. The molecule has 0 unspecified atom stereocenters. The van der Waals surface area contributed by atoms with Crippen LogP contribution in [0.4, 0.5) is 5.13 Å². The van der Waals surface area contributed by atoms with E-state index in [-0.39, 0.29) is 12.4 Å². The van der Waals surface area contributed by atoms with Crippen LogP contribution in [0.25, 0.3) is 0 Å². The van der Waals surface area contributed by atoms with E-state index in [0.717, 1.165) is 12.0 Å². The van der Waals surface area contributed by atoms with E-state index in [1.807, 2.05) is 23.6 Å². The molecule has 1 aromatic heterocycles. The zero-order valence-electron chi connectivity index (χ0n) is 16.7. The number of thiazole rings is 1. The summed E-state index contributed by atoms with van der Waals surface area (Å²) in [6.07, 6.45) is 2.81. The number of anilines is 1. The number of hydrogen-bond acceptors (Lipinski definition) is 8. The Morgan fingerprint density at radius 1 is 1.36 bits per heavy atom. The Morgan fingerprint density at radius 3 is 2.89 bits per heavy atom. The number of rotatable bonds is 11. The van der Waals surface area contributed by atoms with Crippen molar-refractivity contribution in [3.05, 3.63) is 34.8 Å². The Labute approximate surface area is 169 Å². The third kappa shape index (κ3) is 7.19. The maximum atomic E-state index is 11.5. The molecule has 0 saturated heterocycles. The average Bonchev–Trinajstić information content (AvgIpc) is 3.09. The van der Waals surface area contributed by atoms with Gasteiger partial charge in [-0.3, -0.25) is 10.2 Å². The van der Waals surface area contributed by atoms with Gasteiger partial charge in [0, 0.05) is 5.38 Å². The number of esters is 1. The first kappa shape index (κ1) is 21.7. The van der Waals surface area contributed by atoms with Crippen molar-refractivity contribution >= 4 is 28.7 Å². The lowest BCUT2D eigenvalue weighted by molar-refractivity contribution is -0.142. The van der Waals surface area contributed by atoms with E-state index in [1.165, 1.54) is 11.3 Å². The molecule has 28 heavy (non-hydrogen) atoms. The van der Waals surface area contributed by atoms with Gasteiger partial charge in [-0.1, -0.05) is 13.8 Å². The summed E-state index contributed by atoms with van der Waals surface area (Å²) in [4.78, 5) is 15.8. The minimum absolute atomic E-state index is 0.158. The molecule has 7 nitrogen and oxygen atoms in total. The smallest absolute Gasteiger partial charge is 0.311 e. The number of nitrogens with one attached hydrogen (secondary N) is 1. The van der Waals surface area contributed by atoms with Gasteiger partial charge in [-0.15, -0.1) is 11.3 Å². The van der Waals surface area contributed by atoms with Crippen LogP contribution in [0.1, 0.15) is 38.4 Å². The summed E-state index contributed by atoms with van der Waals surface area (Å²) in [6.45, 7) is 7.09. The highest BCUT2D eigenvalue weighted by atomic mass is 32.1. The van der Waals surface area contributed by atoms with E-state index in [9.17, 15) is 4.79 Å². The monoisotopic (exact) mass is 405 g/mol. The van der Waals surface area contributed by atoms with Gasteiger partial charge >= 0.3 is 5.97 Å². The highest BCUT2D eigenvalue weighted by Crippen LogP contribution is 2.28. The molecule has 0 aliphatic rings. The zero-order valence-corrected chi connectivity index (χ0v) is 17.5. The fourth-order valence-corrected chi connectivity index (χ4v) is 2.91. The molecule has 1 heterocycles. The first-order valence-electron chi connectivity index (χ1n) is 9.21. The lowest BCUT2D eigenvalue weighted by Gasteiger charge is -2.12. The molecule has 0 radical (unpaired) electrons. The summed E-state index contributed by atoms with van der Waals surface area (Å²) in [5, 5.41) is 6.62. The molecule has 2 aromatic rings. The summed E-state index contributed by atoms with van der Waals surface area (Å²) in [7, 11) is 1.62. The van der Waals surface area contributed by atoms with Crippen molar-refractivity contribution in [2.75, 3.05) is 25.7 Å². The summed E-state index contributed by atoms with van der Waals surface area (Å²) >= 11 is 1.38. The van der Waals surface area contributed by atoms with Crippen LogP contribution in [0.2, 0.25) is 0 Å². The molecule has 8 heteroatoms. The Bertz CT molecular complexity index is 790. The normalized spacial score (nSPS) is 11.0. The molecule has 0 amide bonds. The highest BCUT2D eigenvalue weighted by molar-refractivity contribution is 7.13. The molecular formula is C20H27N3O4S. The molecule has 0 saturated carbocycles. The van der Waals surface area contributed by atoms with Crippen molar-refractivity contribution in [3.8, 4) is 11.5 Å². The van der Waals surface area contributed by atoms with Crippen molar-refractivity contribution in [1.29, 1.82) is 0 Å². The predicted octanol–water partition coefficient (Wildman–Crippen LogP) is 4.13. The molecule has 0 aliphatic heterocycles. The quantitative estimate of drug-likeness (QED) is 0.344. The summed E-state index contributed by atoms with van der Waals surface area (Å²) in [6, 6.07) is 5.64. The molecule has 152 valence electrons. The number of hydrogen-bond donors (Lipinski definition) is 1. The average molecular weight is 406 g/mol. The van der Waals surface area contributed by atoms with Crippen molar-refractivity contribution in [2.45, 2.75) is 33.6 Å². The molecule has 1 aromatic carbocycles. The van der Waals surface area contributed by atoms with Gasteiger partial charge in [-0.2, -0.15) is 5.10 Å². The number of nitrogens with zero attached hydrogens (tertiary/aromatic N) is 2. The Hall–Kier alpha value is -2.61. The lowest BCUT2D eigenvalue weighted by Crippen LogP contribution is -2.07. The Morgan fingerprint density at radius 2 is 2.18 bits per heavy atom. The minimum Gasteiger partial charge on any atom is -0.493 e. The second-order valence-corrected chi connectivity index (χ2v) is 7.30. The molecule has 0 aliphatic carbocycles. The van der Waals surface area contributed by atoms with Crippen LogP contribution in [0.5, 0.6) is 11.5 Å². The standard InChI is InChI=1S/C20H27N3O4S/c1-5-26-19(24)11-16-13-28-20(22-16)23-21-12-15-6-7-17(25-4)18(10-15)27-9-8-14(2)3/h6-7,10,12-14H,5,8-9,11H2,1-4H3,(H,22,23). The van der Waals surface area contributed by atoms with E-state index in [1.54, 1.807) is 20.2 Å². The highest BCUT2D eigenvalue weighted by Gasteiger charge is 2.08. The molecular weight excluding hydrogens is 378 g/mol. The van der Waals surface area contributed by atoms with Gasteiger partial charge in [0.15, 0.2) is 11.5 Å². The van der Waals surface area contributed by atoms with Crippen molar-refractivity contribution in [1.82, 2.24) is 4.98 Å². The number of benzene rings is 1. The fourth-order valence-electron chi connectivity index (χ4n) is 2.25. The number of ether oxygens (including phenoxy) is 3. The molecule has 1 N–H and O–H groups in total. The van der Waals surface area contributed by atoms with E-state index < -0.39 is 0 Å². The number of hydrazone groups is 1. The minimum atomic E-state index is -0.286. The van der Waals surface area contributed by atoms with Crippen LogP contribution in [0, 0.1) is 5.92 Å². The second-order valence-electron chi connectivity index (χ2n) is 6.44. The van der Waals surface area contributed by atoms with Gasteiger partial charge in [0.2, 0.25) is 5.13 Å². The van der Waals surface area contributed by atoms with E-state index in [4.69, 9.17) is 14.2 Å². The van der Waals surface area contributed by atoms with Gasteiger partial charge in [0.25, 0.3) is 0 Å². The SMILES string of the molecule is CCOC(=O)Cc1csc(NN=Cc2ccc(OC)c(OCCC(C)C)c2)n1. The van der Waals surface area contributed by atoms with Crippen LogP contribution in [-0.4, -0.2) is 37.5 Å². The topological polar surface area (TPSA) is 82.0 Å². The van der Waals surface area contributed by atoms with Crippen LogP contribution >= 0.6 is 11.3 Å². The van der Waals surface area contributed by atoms with Gasteiger partial charge in [-0.25, -0.2) is 4.98 Å². The third-order valence-electron chi connectivity index (χ3n) is 3.70. The van der Waals surface area contributed by atoms with Crippen molar-refractivity contribution in [3.63, 3.8) is 0 Å². The van der Waals surface area contributed by atoms with Crippen LogP contribution in [0.15, 0.2) is 28.7 Å². The number of carbonyl (C=O) groups is 1. The number of methoxy groups -OCH3 is 1. The Kier molecular flexibility index (Phi) is 8.74. The van der Waals surface area contributed by atoms with Crippen molar-refractivity contribution in [2.24, 2.45) is 11.0 Å². The maximum absolute atomic E-state index is 11.5. The molecule has 0 atom stereocenters. The van der Waals surface area contributed by atoms with Gasteiger partial charge in [0.1, 0.15) is 0 Å². The largest absolute Gasteiger partial charge is 0.493 e. The van der Waals surface area contributed by atoms with Crippen LogP contribution in [0.3, 0.4) is 0 Å². The van der Waals surface area contributed by atoms with Gasteiger partial charge < -0.3 is 14.2 Å². The lowest BCUT2D eigenvalue weighted by atomic mass is 10.1. The van der Waals surface area contributed by atoms with E-state index in [2.05, 4.69) is 29.4 Å². The van der Waals surface area contributed by atoms with Crippen LogP contribution < -0.4 is 14.9 Å². The molecule has 2 rings (SSSR count). The Balaban J connectivity index is 1.94. The third-order valence-corrected chi connectivity index (χ3v) is 4.49. The summed E-state index contributed by atoms with van der Waals surface area (Å²) < 4.78 is 16.1. The van der Waals surface area contributed by atoms with Crippen molar-refractivity contribution < 1.29 is 19.0 Å². The van der Waals surface area contributed by atoms with E-state index >= 15 is 0 Å². The molecule has 0 fully saturated rings. The summed E-state index contributed by atoms with van der Waals surface area (Å²) in [5.41, 5.74) is 4.41. The fraction of sp³-hybridized carbons (Fsp3) is 0.450. The van der Waals surface area contributed by atoms with Crippen LogP contribution in [-0.2, 0) is 16.0 Å². The van der Waals surface area contributed by atoms with Gasteiger partial charge in [-0.05, 0) is 43.0 Å². The number of carbonyl (C=O) groups excluding carboxylic acids is 1. The predicted molar refractivity (Wildman–Crippen MR) is 112 cm³/mol. The molecule has 0 spiro atoms. The first-order valence-corrected chi connectivity index (χ1v) is 10.1. The first-order chi connectivity index (χ1) is 13.5. The maximum Gasteiger partial charge on any atom is 0.311 e. The van der Waals surface area contributed by atoms with Gasteiger partial charge in [0.05, 0.1) is 38.7 Å². The zero-order chi connectivity index (χ0) is 20.4.